The van der Waals surface area contributed by atoms with Crippen LogP contribution in [0.5, 0.6) is 0 Å². The van der Waals surface area contributed by atoms with Gasteiger partial charge in [-0.05, 0) is 25.7 Å². The number of thioether (sulfide) groups is 1. The van der Waals surface area contributed by atoms with E-state index in [1.165, 1.54) is 0 Å². The average molecular weight is 359 g/mol. The molecule has 0 radical (unpaired) electrons. The second-order valence-electron chi connectivity index (χ2n) is 6.21. The van der Waals surface area contributed by atoms with Crippen molar-refractivity contribution >= 4 is 29.6 Å². The van der Waals surface area contributed by atoms with Gasteiger partial charge in [0.05, 0.1) is 25.0 Å². The Kier molecular flexibility index (Phi) is 9.18. The molecule has 0 N–H and O–H groups in total. The van der Waals surface area contributed by atoms with E-state index in [0.717, 1.165) is 12.8 Å². The summed E-state index contributed by atoms with van der Waals surface area (Å²) in [5.41, 5.74) is 0. The summed E-state index contributed by atoms with van der Waals surface area (Å²) in [6.45, 7) is 8.50. The van der Waals surface area contributed by atoms with E-state index in [4.69, 9.17) is 9.47 Å². The molecule has 0 spiro atoms. The quantitative estimate of drug-likeness (QED) is 0.589. The Balaban J connectivity index is 2.75. The second-order valence-corrected chi connectivity index (χ2v) is 7.42. The molecule has 1 heterocycles. The smallest absolute Gasteiger partial charge is 0.329 e. The van der Waals surface area contributed by atoms with Crippen molar-refractivity contribution in [3.05, 3.63) is 0 Å². The van der Waals surface area contributed by atoms with E-state index in [1.54, 1.807) is 23.6 Å². The number of rotatable bonds is 9. The Morgan fingerprint density at radius 2 is 1.88 bits per heavy atom. The summed E-state index contributed by atoms with van der Waals surface area (Å²) in [4.78, 5) is 38.0. The minimum Gasteiger partial charge on any atom is -0.466 e. The Bertz CT molecular complexity index is 441. The molecular formula is C17H29NO5S. The highest BCUT2D eigenvalue weighted by Crippen LogP contribution is 2.34. The summed E-state index contributed by atoms with van der Waals surface area (Å²) >= 11 is 1.61. The van der Waals surface area contributed by atoms with Crippen LogP contribution in [0.3, 0.4) is 0 Å². The van der Waals surface area contributed by atoms with Crippen molar-refractivity contribution in [2.45, 2.75) is 64.8 Å². The Hall–Kier alpha value is -1.24. The monoisotopic (exact) mass is 359 g/mol. The maximum absolute atomic E-state index is 12.6. The van der Waals surface area contributed by atoms with Gasteiger partial charge in [0.1, 0.15) is 6.04 Å². The lowest BCUT2D eigenvalue weighted by atomic mass is 10.1. The van der Waals surface area contributed by atoms with Crippen molar-refractivity contribution < 1.29 is 23.9 Å². The molecule has 7 heteroatoms. The van der Waals surface area contributed by atoms with E-state index in [0.29, 0.717) is 24.9 Å². The van der Waals surface area contributed by atoms with Gasteiger partial charge < -0.3 is 14.4 Å². The fraction of sp³-hybridized carbons (Fsp3) is 0.824. The van der Waals surface area contributed by atoms with Crippen molar-refractivity contribution in [3.63, 3.8) is 0 Å². The van der Waals surface area contributed by atoms with Crippen molar-refractivity contribution in [2.75, 3.05) is 19.0 Å². The molecule has 0 bridgehead atoms. The molecule has 2 unspecified atom stereocenters. The predicted octanol–water partition coefficient (Wildman–Crippen LogP) is 2.60. The van der Waals surface area contributed by atoms with Gasteiger partial charge in [-0.3, -0.25) is 9.59 Å². The Labute approximate surface area is 148 Å². The lowest BCUT2D eigenvalue weighted by molar-refractivity contribution is -0.154. The van der Waals surface area contributed by atoms with Gasteiger partial charge in [-0.15, -0.1) is 11.8 Å². The Morgan fingerprint density at radius 3 is 2.46 bits per heavy atom. The van der Waals surface area contributed by atoms with E-state index in [2.05, 4.69) is 13.8 Å². The third kappa shape index (κ3) is 6.34. The van der Waals surface area contributed by atoms with Crippen LogP contribution < -0.4 is 0 Å². The Morgan fingerprint density at radius 1 is 1.17 bits per heavy atom. The van der Waals surface area contributed by atoms with Crippen LogP contribution in [0, 0.1) is 5.92 Å². The fourth-order valence-corrected chi connectivity index (χ4v) is 4.18. The number of esters is 2. The first kappa shape index (κ1) is 20.8. The van der Waals surface area contributed by atoms with Crippen LogP contribution in [-0.4, -0.2) is 53.1 Å². The highest BCUT2D eigenvalue weighted by Gasteiger charge is 2.42. The van der Waals surface area contributed by atoms with Crippen LogP contribution in [0.25, 0.3) is 0 Å². The molecule has 2 atom stereocenters. The number of amides is 1. The average Bonchev–Trinajstić information content (AvgIpc) is 2.93. The molecule has 0 aromatic heterocycles. The molecule has 1 saturated heterocycles. The van der Waals surface area contributed by atoms with E-state index >= 15 is 0 Å². The van der Waals surface area contributed by atoms with Crippen LogP contribution in [0.1, 0.15) is 53.4 Å². The molecule has 6 nitrogen and oxygen atoms in total. The topological polar surface area (TPSA) is 72.9 Å². The number of hydrogen-bond acceptors (Lipinski definition) is 6. The van der Waals surface area contributed by atoms with Crippen LogP contribution in [0.15, 0.2) is 0 Å². The lowest BCUT2D eigenvalue weighted by Crippen LogP contribution is -2.46. The van der Waals surface area contributed by atoms with Crippen LogP contribution in [-0.2, 0) is 23.9 Å². The maximum Gasteiger partial charge on any atom is 0.329 e. The van der Waals surface area contributed by atoms with Gasteiger partial charge in [0.2, 0.25) is 5.91 Å². The van der Waals surface area contributed by atoms with Crippen molar-refractivity contribution in [2.24, 2.45) is 5.92 Å². The first-order valence-electron chi connectivity index (χ1n) is 8.65. The number of ether oxygens (including phenoxy) is 2. The fourth-order valence-electron chi connectivity index (χ4n) is 2.53. The summed E-state index contributed by atoms with van der Waals surface area (Å²) in [7, 11) is 0. The highest BCUT2D eigenvalue weighted by atomic mass is 32.2. The molecule has 24 heavy (non-hydrogen) atoms. The molecule has 1 aliphatic heterocycles. The summed E-state index contributed by atoms with van der Waals surface area (Å²) < 4.78 is 10.1. The lowest BCUT2D eigenvalue weighted by Gasteiger charge is -2.29. The molecule has 0 aromatic rings. The van der Waals surface area contributed by atoms with E-state index in [-0.39, 0.29) is 36.1 Å². The summed E-state index contributed by atoms with van der Waals surface area (Å²) in [5.74, 6) is 0.0409. The van der Waals surface area contributed by atoms with Gasteiger partial charge in [-0.2, -0.15) is 0 Å². The summed E-state index contributed by atoms with van der Waals surface area (Å²) in [6, 6.07) is -0.556. The van der Waals surface area contributed by atoms with E-state index in [1.807, 2.05) is 6.92 Å². The number of carbonyl (C=O) groups excluding carboxylic acids is 3. The van der Waals surface area contributed by atoms with Crippen molar-refractivity contribution in [1.82, 2.24) is 4.90 Å². The molecule has 1 fully saturated rings. The SMILES string of the molecule is CCCOC(=O)C1CSC(CC(C)C)N1C(=O)CCC(=O)OCC. The second kappa shape index (κ2) is 10.6. The van der Waals surface area contributed by atoms with Gasteiger partial charge in [0.25, 0.3) is 0 Å². The third-order valence-corrected chi connectivity index (χ3v) is 4.93. The normalized spacial score (nSPS) is 20.3. The number of nitrogens with zero attached hydrogens (tertiary/aromatic N) is 1. The van der Waals surface area contributed by atoms with Crippen LogP contribution >= 0.6 is 11.8 Å². The minimum absolute atomic E-state index is 0.0406. The van der Waals surface area contributed by atoms with Gasteiger partial charge in [-0.25, -0.2) is 4.79 Å². The summed E-state index contributed by atoms with van der Waals surface area (Å²) in [5, 5.41) is -0.0427. The number of hydrogen-bond donors (Lipinski definition) is 0. The van der Waals surface area contributed by atoms with Crippen molar-refractivity contribution in [1.29, 1.82) is 0 Å². The molecule has 0 aromatic carbocycles. The van der Waals surface area contributed by atoms with Gasteiger partial charge >= 0.3 is 11.9 Å². The summed E-state index contributed by atoms with van der Waals surface area (Å²) in [6.07, 6.45) is 1.66. The van der Waals surface area contributed by atoms with Crippen LogP contribution in [0.4, 0.5) is 0 Å². The molecule has 0 saturated carbocycles. The highest BCUT2D eigenvalue weighted by molar-refractivity contribution is 8.00. The molecule has 1 amide bonds. The van der Waals surface area contributed by atoms with E-state index in [9.17, 15) is 14.4 Å². The largest absolute Gasteiger partial charge is 0.466 e. The van der Waals surface area contributed by atoms with Crippen LogP contribution in [0.2, 0.25) is 0 Å². The van der Waals surface area contributed by atoms with E-state index < -0.39 is 6.04 Å². The van der Waals surface area contributed by atoms with Crippen molar-refractivity contribution in [3.8, 4) is 0 Å². The number of carbonyl (C=O) groups is 3. The van der Waals surface area contributed by atoms with Gasteiger partial charge in [-0.1, -0.05) is 20.8 Å². The first-order chi connectivity index (χ1) is 11.4. The maximum atomic E-state index is 12.6. The molecular weight excluding hydrogens is 330 g/mol. The molecule has 1 rings (SSSR count). The molecule has 0 aliphatic carbocycles. The zero-order valence-corrected chi connectivity index (χ0v) is 15.9. The predicted molar refractivity (Wildman–Crippen MR) is 93.5 cm³/mol. The van der Waals surface area contributed by atoms with Gasteiger partial charge in [0, 0.05) is 12.2 Å². The zero-order valence-electron chi connectivity index (χ0n) is 15.1. The third-order valence-electron chi connectivity index (χ3n) is 3.62. The first-order valence-corrected chi connectivity index (χ1v) is 9.70. The molecule has 138 valence electrons. The minimum atomic E-state index is -0.556. The zero-order chi connectivity index (χ0) is 18.1. The molecule has 1 aliphatic rings. The van der Waals surface area contributed by atoms with Gasteiger partial charge in [0.15, 0.2) is 0 Å². The standard InChI is InChI=1S/C17H29NO5S/c1-5-9-23-17(21)13-11-24-15(10-12(3)4)18(13)14(19)7-8-16(20)22-6-2/h12-13,15H,5-11H2,1-4H3.